The van der Waals surface area contributed by atoms with Crippen molar-refractivity contribution in [2.75, 3.05) is 6.54 Å². The number of piperidine rings is 1. The van der Waals surface area contributed by atoms with Crippen LogP contribution in [-0.2, 0) is 9.59 Å². The van der Waals surface area contributed by atoms with Gasteiger partial charge in [0, 0.05) is 6.54 Å². The van der Waals surface area contributed by atoms with Gasteiger partial charge in [0.15, 0.2) is 0 Å². The molecular weight excluding hydrogens is 244 g/mol. The molecule has 1 unspecified atom stereocenters. The predicted molar refractivity (Wildman–Crippen MR) is 73.6 cm³/mol. The molecule has 1 aliphatic heterocycles. The second-order valence-corrected chi connectivity index (χ2v) is 6.60. The van der Waals surface area contributed by atoms with Crippen LogP contribution in [0, 0.1) is 11.3 Å². The van der Waals surface area contributed by atoms with Crippen molar-refractivity contribution in [3.05, 3.63) is 0 Å². The quantitative estimate of drug-likeness (QED) is 0.810. The van der Waals surface area contributed by atoms with E-state index in [1.54, 1.807) is 0 Å². The van der Waals surface area contributed by atoms with Gasteiger partial charge in [-0.05, 0) is 30.6 Å². The summed E-state index contributed by atoms with van der Waals surface area (Å²) in [6.45, 7) is 8.30. The summed E-state index contributed by atoms with van der Waals surface area (Å²) in [6.07, 6.45) is 2.23. The molecule has 0 aliphatic carbocycles. The number of aliphatic carboxylic acids is 1. The van der Waals surface area contributed by atoms with Crippen molar-refractivity contribution >= 4 is 11.9 Å². The minimum atomic E-state index is -0.935. The van der Waals surface area contributed by atoms with E-state index in [1.807, 2.05) is 27.7 Å². The summed E-state index contributed by atoms with van der Waals surface area (Å²) in [5, 5.41) is 9.42. The van der Waals surface area contributed by atoms with E-state index in [-0.39, 0.29) is 5.91 Å². The SMILES string of the molecule is CC(C)C[C@@H](N)C(=O)N1CCCC(C)(C)C1C(=O)O. The average Bonchev–Trinajstić information content (AvgIpc) is 2.24. The van der Waals surface area contributed by atoms with Gasteiger partial charge in [0.25, 0.3) is 0 Å². The third-order valence-electron chi connectivity index (χ3n) is 3.83. The Bertz CT molecular complexity index is 353. The Kier molecular flexibility index (Phi) is 4.96. The van der Waals surface area contributed by atoms with Crippen molar-refractivity contribution < 1.29 is 14.7 Å². The molecule has 3 N–H and O–H groups in total. The molecule has 0 spiro atoms. The van der Waals surface area contributed by atoms with E-state index in [2.05, 4.69) is 0 Å². The molecule has 0 aromatic heterocycles. The molecule has 2 atom stereocenters. The number of nitrogens with zero attached hydrogens (tertiary/aromatic N) is 1. The molecule has 5 heteroatoms. The molecule has 1 heterocycles. The van der Waals surface area contributed by atoms with Crippen molar-refractivity contribution in [3.8, 4) is 0 Å². The highest BCUT2D eigenvalue weighted by molar-refractivity contribution is 5.87. The number of nitrogens with two attached hydrogens (primary N) is 1. The number of rotatable bonds is 4. The molecule has 0 aromatic rings. The zero-order valence-corrected chi connectivity index (χ0v) is 12.3. The fraction of sp³-hybridized carbons (Fsp3) is 0.857. The molecular formula is C14H26N2O3. The van der Waals surface area contributed by atoms with Crippen LogP contribution in [0.25, 0.3) is 0 Å². The Balaban J connectivity index is 2.90. The van der Waals surface area contributed by atoms with Gasteiger partial charge in [0.05, 0.1) is 6.04 Å². The molecule has 0 radical (unpaired) electrons. The van der Waals surface area contributed by atoms with E-state index in [0.29, 0.717) is 18.9 Å². The van der Waals surface area contributed by atoms with Crippen molar-refractivity contribution in [1.29, 1.82) is 0 Å². The first-order chi connectivity index (χ1) is 8.66. The highest BCUT2D eigenvalue weighted by Crippen LogP contribution is 2.35. The Labute approximate surface area is 115 Å². The Morgan fingerprint density at radius 1 is 1.42 bits per heavy atom. The van der Waals surface area contributed by atoms with Crippen molar-refractivity contribution in [1.82, 2.24) is 4.90 Å². The highest BCUT2D eigenvalue weighted by Gasteiger charge is 2.45. The van der Waals surface area contributed by atoms with Gasteiger partial charge < -0.3 is 15.7 Å². The van der Waals surface area contributed by atoms with Gasteiger partial charge in [-0.1, -0.05) is 27.7 Å². The largest absolute Gasteiger partial charge is 0.480 e. The second-order valence-electron chi connectivity index (χ2n) is 6.60. The second kappa shape index (κ2) is 5.90. The van der Waals surface area contributed by atoms with Crippen LogP contribution in [0.2, 0.25) is 0 Å². The number of carboxylic acids is 1. The maximum absolute atomic E-state index is 12.4. The van der Waals surface area contributed by atoms with E-state index < -0.39 is 23.5 Å². The molecule has 1 fully saturated rings. The average molecular weight is 270 g/mol. The van der Waals surface area contributed by atoms with Crippen LogP contribution < -0.4 is 5.73 Å². The molecule has 19 heavy (non-hydrogen) atoms. The zero-order valence-electron chi connectivity index (χ0n) is 12.3. The molecule has 110 valence electrons. The number of likely N-dealkylation sites (tertiary alicyclic amines) is 1. The molecule has 0 bridgehead atoms. The van der Waals surface area contributed by atoms with Crippen molar-refractivity contribution in [2.24, 2.45) is 17.1 Å². The van der Waals surface area contributed by atoms with E-state index in [9.17, 15) is 14.7 Å². The summed E-state index contributed by atoms with van der Waals surface area (Å²) in [6, 6.07) is -1.37. The van der Waals surface area contributed by atoms with Crippen LogP contribution in [0.3, 0.4) is 0 Å². The van der Waals surface area contributed by atoms with Crippen LogP contribution in [0.4, 0.5) is 0 Å². The smallest absolute Gasteiger partial charge is 0.326 e. The van der Waals surface area contributed by atoms with Crippen molar-refractivity contribution in [2.45, 2.75) is 59.0 Å². The van der Waals surface area contributed by atoms with Gasteiger partial charge in [0.2, 0.25) is 5.91 Å². The number of hydrogen-bond acceptors (Lipinski definition) is 3. The minimum absolute atomic E-state index is 0.228. The lowest BCUT2D eigenvalue weighted by molar-refractivity contribution is -0.159. The normalized spacial score (nSPS) is 24.3. The number of carbonyl (C=O) groups excluding carboxylic acids is 1. The maximum Gasteiger partial charge on any atom is 0.326 e. The summed E-state index contributed by atoms with van der Waals surface area (Å²) < 4.78 is 0. The molecule has 0 saturated carbocycles. The van der Waals surface area contributed by atoms with Crippen LogP contribution in [0.1, 0.15) is 47.0 Å². The number of carbonyl (C=O) groups is 2. The number of carboxylic acid groups (broad SMARTS) is 1. The molecule has 1 aliphatic rings. The predicted octanol–water partition coefficient (Wildman–Crippen LogP) is 1.46. The van der Waals surface area contributed by atoms with E-state index in [0.717, 1.165) is 12.8 Å². The third kappa shape index (κ3) is 3.69. The van der Waals surface area contributed by atoms with Gasteiger partial charge in [-0.15, -0.1) is 0 Å². The Morgan fingerprint density at radius 2 is 2.00 bits per heavy atom. The summed E-state index contributed by atoms with van der Waals surface area (Å²) >= 11 is 0. The lowest BCUT2D eigenvalue weighted by Crippen LogP contribution is -2.59. The van der Waals surface area contributed by atoms with Crippen LogP contribution in [0.15, 0.2) is 0 Å². The first-order valence-corrected chi connectivity index (χ1v) is 6.95. The molecule has 0 aromatic carbocycles. The Morgan fingerprint density at radius 3 is 2.47 bits per heavy atom. The van der Waals surface area contributed by atoms with Crippen LogP contribution >= 0.6 is 0 Å². The van der Waals surface area contributed by atoms with Crippen LogP contribution in [0.5, 0.6) is 0 Å². The first-order valence-electron chi connectivity index (χ1n) is 6.95. The summed E-state index contributed by atoms with van der Waals surface area (Å²) in [5.74, 6) is -0.844. The van der Waals surface area contributed by atoms with E-state index >= 15 is 0 Å². The van der Waals surface area contributed by atoms with Crippen LogP contribution in [-0.4, -0.2) is 40.5 Å². The monoisotopic (exact) mass is 270 g/mol. The van der Waals surface area contributed by atoms with Gasteiger partial charge in [-0.2, -0.15) is 0 Å². The molecule has 1 amide bonds. The number of hydrogen-bond donors (Lipinski definition) is 2. The highest BCUT2D eigenvalue weighted by atomic mass is 16.4. The molecule has 5 nitrogen and oxygen atoms in total. The van der Waals surface area contributed by atoms with E-state index in [1.165, 1.54) is 4.90 Å². The standard InChI is InChI=1S/C14H26N2O3/c1-9(2)8-10(15)12(17)16-7-5-6-14(3,4)11(16)13(18)19/h9-11H,5-8,15H2,1-4H3,(H,18,19)/t10-,11?/m1/s1. The lowest BCUT2D eigenvalue weighted by atomic mass is 9.76. The summed E-state index contributed by atoms with van der Waals surface area (Å²) in [5.41, 5.74) is 5.51. The third-order valence-corrected chi connectivity index (χ3v) is 3.83. The summed E-state index contributed by atoms with van der Waals surface area (Å²) in [4.78, 5) is 25.3. The van der Waals surface area contributed by atoms with Crippen molar-refractivity contribution in [3.63, 3.8) is 0 Å². The van der Waals surface area contributed by atoms with Gasteiger partial charge >= 0.3 is 5.97 Å². The zero-order chi connectivity index (χ0) is 14.8. The summed E-state index contributed by atoms with van der Waals surface area (Å²) in [7, 11) is 0. The number of amides is 1. The maximum atomic E-state index is 12.4. The van der Waals surface area contributed by atoms with Gasteiger partial charge in [0.1, 0.15) is 6.04 Å². The lowest BCUT2D eigenvalue weighted by Gasteiger charge is -2.44. The molecule has 1 saturated heterocycles. The molecule has 1 rings (SSSR count). The minimum Gasteiger partial charge on any atom is -0.480 e. The Hall–Kier alpha value is -1.10. The topological polar surface area (TPSA) is 83.6 Å². The van der Waals surface area contributed by atoms with E-state index in [4.69, 9.17) is 5.73 Å². The fourth-order valence-electron chi connectivity index (χ4n) is 2.92. The van der Waals surface area contributed by atoms with Gasteiger partial charge in [-0.25, -0.2) is 4.79 Å². The van der Waals surface area contributed by atoms with Gasteiger partial charge in [-0.3, -0.25) is 4.79 Å². The first kappa shape index (κ1) is 16.0. The fourth-order valence-corrected chi connectivity index (χ4v) is 2.92.